The minimum absolute atomic E-state index is 0.0805. The fourth-order valence-corrected chi connectivity index (χ4v) is 3.93. The molecule has 2 aromatic carbocycles. The summed E-state index contributed by atoms with van der Waals surface area (Å²) in [5, 5.41) is 11.2. The van der Waals surface area contributed by atoms with E-state index in [0.717, 1.165) is 6.42 Å². The van der Waals surface area contributed by atoms with Crippen LogP contribution in [0, 0.1) is 0 Å². The van der Waals surface area contributed by atoms with Crippen LogP contribution < -0.4 is 9.64 Å². The molecule has 33 heavy (non-hydrogen) atoms. The lowest BCUT2D eigenvalue weighted by molar-refractivity contribution is -0.132. The summed E-state index contributed by atoms with van der Waals surface area (Å²) in [5.74, 6) is -0.865. The van der Waals surface area contributed by atoms with Crippen molar-refractivity contribution in [2.75, 3.05) is 11.5 Å². The van der Waals surface area contributed by atoms with Gasteiger partial charge in [0.25, 0.3) is 5.78 Å². The van der Waals surface area contributed by atoms with Crippen molar-refractivity contribution in [2.24, 2.45) is 0 Å². The van der Waals surface area contributed by atoms with Crippen LogP contribution in [0.5, 0.6) is 5.75 Å². The number of Topliss-reactive ketones (excluding diaryl/α,β-unsaturated/α-hetero) is 1. The normalized spacial score (nSPS) is 17.7. The number of amides is 1. The van der Waals surface area contributed by atoms with Crippen molar-refractivity contribution in [3.8, 4) is 5.75 Å². The highest BCUT2D eigenvalue weighted by atomic mass is 16.5. The highest BCUT2D eigenvalue weighted by Crippen LogP contribution is 2.42. The van der Waals surface area contributed by atoms with Gasteiger partial charge in [0.1, 0.15) is 23.3 Å². The topological polar surface area (TPSA) is 109 Å². The van der Waals surface area contributed by atoms with Gasteiger partial charge in [0, 0.05) is 5.56 Å². The summed E-state index contributed by atoms with van der Waals surface area (Å²) in [7, 11) is 0. The van der Waals surface area contributed by atoms with Gasteiger partial charge in [-0.15, -0.1) is 0 Å². The Labute approximate surface area is 189 Å². The van der Waals surface area contributed by atoms with Crippen LogP contribution in [-0.2, 0) is 9.59 Å². The second-order valence-corrected chi connectivity index (χ2v) is 7.64. The standard InChI is InChI=1S/C25H21N3O5/c1-2-12-32-16-8-5-7-15(14-16)22(29)20-21(19-11-6-13-33-19)28(24(31)23(20)30)25-26-17-9-3-4-10-18(17)27-25/h3-11,13-14,21,29H,2,12H2,1H3,(H,26,27)/b22-20+. The van der Waals surface area contributed by atoms with Gasteiger partial charge in [-0.05, 0) is 42.8 Å². The molecule has 5 rings (SSSR count). The van der Waals surface area contributed by atoms with Crippen molar-refractivity contribution in [1.82, 2.24) is 9.97 Å². The molecule has 1 atom stereocenters. The van der Waals surface area contributed by atoms with E-state index < -0.39 is 17.7 Å². The number of carbonyl (C=O) groups is 2. The largest absolute Gasteiger partial charge is 0.507 e. The summed E-state index contributed by atoms with van der Waals surface area (Å²) in [4.78, 5) is 35.1. The average Bonchev–Trinajstić information content (AvgIpc) is 3.56. The number of ketones is 1. The quantitative estimate of drug-likeness (QED) is 0.257. The first-order valence-corrected chi connectivity index (χ1v) is 10.6. The number of ether oxygens (including phenoxy) is 1. The van der Waals surface area contributed by atoms with Crippen molar-refractivity contribution >= 4 is 34.4 Å². The third kappa shape index (κ3) is 3.55. The summed E-state index contributed by atoms with van der Waals surface area (Å²) in [6.45, 7) is 2.51. The lowest BCUT2D eigenvalue weighted by atomic mass is 9.99. The van der Waals surface area contributed by atoms with E-state index in [9.17, 15) is 14.7 Å². The Morgan fingerprint density at radius 3 is 2.76 bits per heavy atom. The number of benzene rings is 2. The van der Waals surface area contributed by atoms with Gasteiger partial charge in [-0.2, -0.15) is 0 Å². The van der Waals surface area contributed by atoms with Crippen molar-refractivity contribution in [2.45, 2.75) is 19.4 Å². The van der Waals surface area contributed by atoms with Gasteiger partial charge in [-0.3, -0.25) is 14.5 Å². The number of furan rings is 1. The molecule has 166 valence electrons. The van der Waals surface area contributed by atoms with E-state index in [2.05, 4.69) is 9.97 Å². The minimum atomic E-state index is -0.985. The van der Waals surface area contributed by atoms with E-state index in [1.807, 2.05) is 25.1 Å². The van der Waals surface area contributed by atoms with E-state index in [0.29, 0.717) is 34.7 Å². The number of nitrogens with one attached hydrogen (secondary N) is 1. The molecule has 1 aliphatic heterocycles. The van der Waals surface area contributed by atoms with E-state index in [4.69, 9.17) is 9.15 Å². The van der Waals surface area contributed by atoms with Crippen LogP contribution in [0.15, 0.2) is 76.9 Å². The second kappa shape index (κ2) is 8.31. The maximum absolute atomic E-state index is 13.2. The van der Waals surface area contributed by atoms with Gasteiger partial charge in [0.15, 0.2) is 0 Å². The number of aliphatic hydroxyl groups is 1. The molecule has 2 N–H and O–H groups in total. The Hall–Kier alpha value is -4.33. The lowest BCUT2D eigenvalue weighted by Gasteiger charge is -2.20. The SMILES string of the molecule is CCCOc1cccc(/C(O)=C2\C(=O)C(=O)N(c3nc4ccccc4[nH]3)C2c2ccco2)c1. The first-order chi connectivity index (χ1) is 16.1. The zero-order valence-electron chi connectivity index (χ0n) is 17.8. The highest BCUT2D eigenvalue weighted by molar-refractivity contribution is 6.51. The van der Waals surface area contributed by atoms with Crippen molar-refractivity contribution in [1.29, 1.82) is 0 Å². The fraction of sp³-hybridized carbons (Fsp3) is 0.160. The van der Waals surface area contributed by atoms with E-state index >= 15 is 0 Å². The molecule has 0 spiro atoms. The summed E-state index contributed by atoms with van der Waals surface area (Å²) in [5.41, 5.74) is 1.65. The minimum Gasteiger partial charge on any atom is -0.507 e. The predicted octanol–water partition coefficient (Wildman–Crippen LogP) is 4.57. The van der Waals surface area contributed by atoms with Crippen LogP contribution in [0.1, 0.15) is 30.7 Å². The lowest BCUT2D eigenvalue weighted by Crippen LogP contribution is -2.30. The first kappa shape index (κ1) is 20.6. The third-order valence-corrected chi connectivity index (χ3v) is 5.44. The van der Waals surface area contributed by atoms with Gasteiger partial charge < -0.3 is 19.2 Å². The number of para-hydroxylation sites is 2. The van der Waals surface area contributed by atoms with Crippen LogP contribution in [-0.4, -0.2) is 33.4 Å². The summed E-state index contributed by atoms with van der Waals surface area (Å²) < 4.78 is 11.2. The molecule has 1 aliphatic rings. The van der Waals surface area contributed by atoms with Crippen molar-refractivity contribution < 1.29 is 23.8 Å². The number of carbonyl (C=O) groups excluding carboxylic acids is 2. The van der Waals surface area contributed by atoms with Crippen LogP contribution in [0.3, 0.4) is 0 Å². The molecular formula is C25H21N3O5. The molecule has 1 saturated heterocycles. The molecule has 2 aromatic heterocycles. The Morgan fingerprint density at radius 1 is 1.15 bits per heavy atom. The van der Waals surface area contributed by atoms with Crippen molar-refractivity contribution in [3.63, 3.8) is 0 Å². The zero-order valence-corrected chi connectivity index (χ0v) is 17.8. The van der Waals surface area contributed by atoms with Crippen LogP contribution in [0.4, 0.5) is 5.95 Å². The number of aliphatic hydroxyl groups excluding tert-OH is 1. The fourth-order valence-electron chi connectivity index (χ4n) is 3.93. The molecule has 0 aliphatic carbocycles. The molecule has 1 unspecified atom stereocenters. The summed E-state index contributed by atoms with van der Waals surface area (Å²) in [6, 6.07) is 16.4. The highest BCUT2D eigenvalue weighted by Gasteiger charge is 2.49. The van der Waals surface area contributed by atoms with Gasteiger partial charge in [-0.25, -0.2) is 4.98 Å². The monoisotopic (exact) mass is 443 g/mol. The van der Waals surface area contributed by atoms with E-state index in [1.165, 1.54) is 11.2 Å². The molecule has 4 aromatic rings. The van der Waals surface area contributed by atoms with Gasteiger partial charge in [0.2, 0.25) is 5.95 Å². The maximum Gasteiger partial charge on any atom is 0.302 e. The number of anilines is 1. The second-order valence-electron chi connectivity index (χ2n) is 7.64. The molecule has 0 radical (unpaired) electrons. The van der Waals surface area contributed by atoms with Crippen molar-refractivity contribution in [3.05, 3.63) is 83.8 Å². The van der Waals surface area contributed by atoms with Gasteiger partial charge in [-0.1, -0.05) is 31.2 Å². The van der Waals surface area contributed by atoms with Gasteiger partial charge >= 0.3 is 5.91 Å². The molecule has 8 heteroatoms. The Bertz CT molecular complexity index is 1340. The number of fused-ring (bicyclic) bond motifs is 1. The Balaban J connectivity index is 1.65. The number of hydrogen-bond donors (Lipinski definition) is 2. The number of hydrogen-bond acceptors (Lipinski definition) is 6. The number of aromatic amines is 1. The molecule has 0 bridgehead atoms. The molecule has 3 heterocycles. The number of H-pyrrole nitrogens is 1. The molecule has 8 nitrogen and oxygen atoms in total. The Kier molecular flexibility index (Phi) is 5.18. The third-order valence-electron chi connectivity index (χ3n) is 5.44. The zero-order chi connectivity index (χ0) is 22.9. The molecule has 1 fully saturated rings. The Morgan fingerprint density at radius 2 is 2.00 bits per heavy atom. The smallest absolute Gasteiger partial charge is 0.302 e. The van der Waals surface area contributed by atoms with Crippen LogP contribution in [0.25, 0.3) is 16.8 Å². The molecular weight excluding hydrogens is 422 g/mol. The molecule has 0 saturated carbocycles. The summed E-state index contributed by atoms with van der Waals surface area (Å²) in [6.07, 6.45) is 2.28. The molecule has 1 amide bonds. The number of aromatic nitrogens is 2. The van der Waals surface area contributed by atoms with Crippen LogP contribution in [0.2, 0.25) is 0 Å². The number of imidazole rings is 1. The number of rotatable bonds is 6. The first-order valence-electron chi connectivity index (χ1n) is 10.6. The average molecular weight is 443 g/mol. The summed E-state index contributed by atoms with van der Waals surface area (Å²) >= 11 is 0. The number of nitrogens with zero attached hydrogens (tertiary/aromatic N) is 2. The van der Waals surface area contributed by atoms with E-state index in [1.54, 1.807) is 42.5 Å². The predicted molar refractivity (Wildman–Crippen MR) is 122 cm³/mol. The van der Waals surface area contributed by atoms with E-state index in [-0.39, 0.29) is 17.3 Å². The van der Waals surface area contributed by atoms with Gasteiger partial charge in [0.05, 0.1) is 29.5 Å². The van der Waals surface area contributed by atoms with Crippen LogP contribution >= 0.6 is 0 Å². The maximum atomic E-state index is 13.2.